The molecule has 2 aromatic rings. The standard InChI is InChI=1S/C27H28N2O3S2/c1-26(2)9-11-28-12-10-27(3,4)21-14-17(13-20(26)23(21)28)15-22-24(31)29(25(33)34-22)18-5-7-19(8-6-18)32-16-30/h5-8,13-16H,9-12H2,1-4H3/b22-15+. The lowest BCUT2D eigenvalue weighted by Crippen LogP contribution is -2.44. The Kier molecular flexibility index (Phi) is 5.60. The molecule has 0 aliphatic carbocycles. The fraction of sp³-hybridized carbons (Fsp3) is 0.370. The van der Waals surface area contributed by atoms with E-state index in [-0.39, 0.29) is 16.7 Å². The number of hydrogen-bond acceptors (Lipinski definition) is 6. The summed E-state index contributed by atoms with van der Waals surface area (Å²) in [6, 6.07) is 11.3. The Labute approximate surface area is 210 Å². The topological polar surface area (TPSA) is 49.9 Å². The molecule has 34 heavy (non-hydrogen) atoms. The van der Waals surface area contributed by atoms with Crippen molar-refractivity contribution in [3.8, 4) is 5.75 Å². The van der Waals surface area contributed by atoms with Gasteiger partial charge in [0.25, 0.3) is 12.4 Å². The number of ether oxygens (including phenoxy) is 1. The summed E-state index contributed by atoms with van der Waals surface area (Å²) in [5.74, 6) is 0.285. The van der Waals surface area contributed by atoms with Crippen LogP contribution in [0.5, 0.6) is 5.75 Å². The van der Waals surface area contributed by atoms with E-state index in [0.717, 1.165) is 31.5 Å². The number of thiocarbonyl (C=S) groups is 1. The lowest BCUT2D eigenvalue weighted by Gasteiger charge is -2.48. The van der Waals surface area contributed by atoms with Gasteiger partial charge in [0.1, 0.15) is 5.75 Å². The molecule has 1 saturated heterocycles. The third-order valence-corrected chi connectivity index (χ3v) is 8.59. The quantitative estimate of drug-likeness (QED) is 0.306. The third-order valence-electron chi connectivity index (χ3n) is 7.29. The molecule has 3 heterocycles. The van der Waals surface area contributed by atoms with Crippen molar-refractivity contribution in [2.45, 2.75) is 51.4 Å². The molecule has 0 spiro atoms. The highest BCUT2D eigenvalue weighted by Crippen LogP contribution is 2.50. The molecular weight excluding hydrogens is 464 g/mol. The molecule has 0 saturated carbocycles. The maximum absolute atomic E-state index is 13.3. The second-order valence-corrected chi connectivity index (χ2v) is 12.1. The van der Waals surface area contributed by atoms with Gasteiger partial charge < -0.3 is 9.64 Å². The second kappa shape index (κ2) is 8.24. The average molecular weight is 493 g/mol. The van der Waals surface area contributed by atoms with Crippen LogP contribution in [0.3, 0.4) is 0 Å². The molecule has 5 nitrogen and oxygen atoms in total. The number of carbonyl (C=O) groups is 2. The summed E-state index contributed by atoms with van der Waals surface area (Å²) in [4.78, 5) is 28.6. The van der Waals surface area contributed by atoms with Gasteiger partial charge in [-0.1, -0.05) is 51.7 Å². The summed E-state index contributed by atoms with van der Waals surface area (Å²) >= 11 is 6.88. The second-order valence-electron chi connectivity index (χ2n) is 10.4. The summed E-state index contributed by atoms with van der Waals surface area (Å²) in [7, 11) is 0. The van der Waals surface area contributed by atoms with Crippen molar-refractivity contribution in [2.75, 3.05) is 22.9 Å². The number of hydrogen-bond donors (Lipinski definition) is 0. The molecule has 0 bridgehead atoms. The molecule has 3 aliphatic rings. The average Bonchev–Trinajstić information content (AvgIpc) is 3.06. The summed E-state index contributed by atoms with van der Waals surface area (Å²) in [5.41, 5.74) is 6.02. The number of amides is 1. The van der Waals surface area contributed by atoms with Gasteiger partial charge in [0, 0.05) is 18.8 Å². The van der Waals surface area contributed by atoms with Gasteiger partial charge in [0.2, 0.25) is 0 Å². The van der Waals surface area contributed by atoms with Crippen LogP contribution in [0.4, 0.5) is 11.4 Å². The first kappa shape index (κ1) is 23.1. The van der Waals surface area contributed by atoms with Crippen molar-refractivity contribution in [1.82, 2.24) is 0 Å². The first-order valence-corrected chi connectivity index (χ1v) is 12.8. The van der Waals surface area contributed by atoms with Gasteiger partial charge >= 0.3 is 0 Å². The molecule has 0 atom stereocenters. The van der Waals surface area contributed by atoms with E-state index in [4.69, 9.17) is 17.0 Å². The van der Waals surface area contributed by atoms with Gasteiger partial charge in [-0.25, -0.2) is 0 Å². The Morgan fingerprint density at radius 2 is 1.59 bits per heavy atom. The van der Waals surface area contributed by atoms with Crippen molar-refractivity contribution in [2.24, 2.45) is 0 Å². The normalized spacial score (nSPS) is 21.6. The van der Waals surface area contributed by atoms with Crippen molar-refractivity contribution in [3.05, 3.63) is 58.0 Å². The molecule has 0 unspecified atom stereocenters. The number of benzene rings is 2. The van der Waals surface area contributed by atoms with E-state index >= 15 is 0 Å². The number of rotatable bonds is 4. The lowest BCUT2D eigenvalue weighted by molar-refractivity contribution is -0.120. The molecule has 0 aromatic heterocycles. The number of thioether (sulfide) groups is 1. The van der Waals surface area contributed by atoms with Crippen molar-refractivity contribution < 1.29 is 14.3 Å². The van der Waals surface area contributed by atoms with Gasteiger partial charge in [-0.15, -0.1) is 0 Å². The third kappa shape index (κ3) is 3.85. The minimum atomic E-state index is -0.134. The summed E-state index contributed by atoms with van der Waals surface area (Å²) in [5, 5.41) is 0. The van der Waals surface area contributed by atoms with Crippen LogP contribution in [0, 0.1) is 0 Å². The van der Waals surface area contributed by atoms with Crippen LogP contribution in [0.25, 0.3) is 6.08 Å². The minimum Gasteiger partial charge on any atom is -0.429 e. The number of carbonyl (C=O) groups excluding carboxylic acids is 2. The molecule has 176 valence electrons. The summed E-state index contributed by atoms with van der Waals surface area (Å²) in [6.45, 7) is 11.9. The SMILES string of the molecule is CC1(C)CCN2CCC(C)(C)c3cc(/C=C4/SC(=S)N(c5ccc(OC=O)cc5)C4=O)cc1c32. The van der Waals surface area contributed by atoms with Gasteiger partial charge in [-0.2, -0.15) is 0 Å². The Balaban J connectivity index is 1.53. The molecule has 0 radical (unpaired) electrons. The maximum atomic E-state index is 13.3. The van der Waals surface area contributed by atoms with E-state index in [2.05, 4.69) is 44.7 Å². The number of nitrogens with zero attached hydrogens (tertiary/aromatic N) is 2. The van der Waals surface area contributed by atoms with Gasteiger partial charge in [-0.05, 0) is 82.8 Å². The Hall–Kier alpha value is -2.64. The fourth-order valence-corrected chi connectivity index (χ4v) is 6.42. The summed E-state index contributed by atoms with van der Waals surface area (Å²) < 4.78 is 5.35. The molecule has 5 rings (SSSR count). The molecular formula is C27H28N2O3S2. The van der Waals surface area contributed by atoms with Crippen molar-refractivity contribution in [1.29, 1.82) is 0 Å². The van der Waals surface area contributed by atoms with Crippen LogP contribution in [-0.4, -0.2) is 29.8 Å². The molecule has 2 aromatic carbocycles. The first-order chi connectivity index (χ1) is 16.1. The first-order valence-electron chi connectivity index (χ1n) is 11.5. The predicted octanol–water partition coefficient (Wildman–Crippen LogP) is 5.80. The molecule has 3 aliphatic heterocycles. The van der Waals surface area contributed by atoms with E-state index < -0.39 is 0 Å². The monoisotopic (exact) mass is 492 g/mol. The lowest BCUT2D eigenvalue weighted by atomic mass is 9.69. The van der Waals surface area contributed by atoms with E-state index in [1.54, 1.807) is 24.3 Å². The van der Waals surface area contributed by atoms with Crippen LogP contribution in [0.1, 0.15) is 57.2 Å². The zero-order valence-electron chi connectivity index (χ0n) is 19.9. The Morgan fingerprint density at radius 3 is 2.15 bits per heavy atom. The predicted molar refractivity (Wildman–Crippen MR) is 143 cm³/mol. The number of anilines is 2. The Morgan fingerprint density at radius 1 is 1.00 bits per heavy atom. The summed E-state index contributed by atoms with van der Waals surface area (Å²) in [6.07, 6.45) is 4.23. The van der Waals surface area contributed by atoms with Crippen LogP contribution in [-0.2, 0) is 20.4 Å². The highest BCUT2D eigenvalue weighted by atomic mass is 32.2. The van der Waals surface area contributed by atoms with Crippen LogP contribution in [0.2, 0.25) is 0 Å². The highest BCUT2D eigenvalue weighted by Gasteiger charge is 2.40. The molecule has 1 amide bonds. The Bertz CT molecular complexity index is 1190. The van der Waals surface area contributed by atoms with Gasteiger partial charge in [-0.3, -0.25) is 14.5 Å². The zero-order chi connectivity index (χ0) is 24.3. The van der Waals surface area contributed by atoms with Gasteiger partial charge in [0.15, 0.2) is 4.32 Å². The van der Waals surface area contributed by atoms with E-state index in [0.29, 0.717) is 27.1 Å². The van der Waals surface area contributed by atoms with E-state index in [1.165, 1.54) is 33.5 Å². The van der Waals surface area contributed by atoms with Crippen LogP contribution >= 0.6 is 24.0 Å². The van der Waals surface area contributed by atoms with Crippen molar-refractivity contribution in [3.63, 3.8) is 0 Å². The highest BCUT2D eigenvalue weighted by molar-refractivity contribution is 8.27. The maximum Gasteiger partial charge on any atom is 0.298 e. The van der Waals surface area contributed by atoms with Crippen LogP contribution in [0.15, 0.2) is 41.3 Å². The van der Waals surface area contributed by atoms with E-state index in [9.17, 15) is 9.59 Å². The largest absolute Gasteiger partial charge is 0.429 e. The zero-order valence-corrected chi connectivity index (χ0v) is 21.5. The van der Waals surface area contributed by atoms with E-state index in [1.807, 2.05) is 6.08 Å². The van der Waals surface area contributed by atoms with Crippen LogP contribution < -0.4 is 14.5 Å². The van der Waals surface area contributed by atoms with Crippen molar-refractivity contribution >= 4 is 58.1 Å². The minimum absolute atomic E-state index is 0.0853. The molecule has 0 N–H and O–H groups in total. The smallest absolute Gasteiger partial charge is 0.298 e. The molecule has 7 heteroatoms. The fourth-order valence-electron chi connectivity index (χ4n) is 5.12. The van der Waals surface area contributed by atoms with Gasteiger partial charge in [0.05, 0.1) is 10.6 Å². The molecule has 1 fully saturated rings.